The number of rotatable bonds is 6. The number of ether oxygens (including phenoxy) is 2. The van der Waals surface area contributed by atoms with Crippen LogP contribution in [0.25, 0.3) is 11.1 Å². The Morgan fingerprint density at radius 2 is 1.70 bits per heavy atom. The molecule has 0 aromatic heterocycles. The minimum atomic E-state index is -1.16. The third-order valence-corrected chi connectivity index (χ3v) is 5.45. The van der Waals surface area contributed by atoms with Crippen molar-refractivity contribution >= 4 is 30.1 Å². The summed E-state index contributed by atoms with van der Waals surface area (Å²) in [7, 11) is 2.97. The van der Waals surface area contributed by atoms with Crippen molar-refractivity contribution in [1.29, 1.82) is 5.41 Å². The predicted molar refractivity (Wildman–Crippen MR) is 117 cm³/mol. The number of carbonyl (C=O) groups excluding carboxylic acids is 2. The van der Waals surface area contributed by atoms with E-state index in [2.05, 4.69) is 0 Å². The van der Waals surface area contributed by atoms with E-state index in [1.54, 1.807) is 18.9 Å². The standard InChI is InChI=1S/C22H25N3O4.ClH/c1-22(21(27)28-3)12-17(25(2)20(22)26)13-29-18-10-8-15(9-11-18)14-4-6-16(7-5-14)19(23)24;/h4-11,17H,12-13H2,1-3H3,(H3,23,24);1H/t17-,22-;/m0./s1. The monoisotopic (exact) mass is 431 g/mol. The van der Waals surface area contributed by atoms with E-state index in [-0.39, 0.29) is 30.2 Å². The second-order valence-electron chi connectivity index (χ2n) is 7.42. The highest BCUT2D eigenvalue weighted by Gasteiger charge is 2.53. The predicted octanol–water partition coefficient (Wildman–Crippen LogP) is 2.85. The number of esters is 1. The molecule has 7 nitrogen and oxygen atoms in total. The third kappa shape index (κ3) is 4.41. The maximum absolute atomic E-state index is 12.5. The summed E-state index contributed by atoms with van der Waals surface area (Å²) in [5.41, 5.74) is 7.03. The molecular formula is C22H26ClN3O4. The summed E-state index contributed by atoms with van der Waals surface area (Å²) in [5.74, 6) is -0.0418. The molecule has 1 aliphatic heterocycles. The number of nitrogens with two attached hydrogens (primary N) is 1. The van der Waals surface area contributed by atoms with Gasteiger partial charge in [-0.05, 0) is 36.6 Å². The van der Waals surface area contributed by atoms with Gasteiger partial charge in [-0.1, -0.05) is 36.4 Å². The highest BCUT2D eigenvalue weighted by Crippen LogP contribution is 2.36. The van der Waals surface area contributed by atoms with E-state index >= 15 is 0 Å². The SMILES string of the molecule is COC(=O)[C@@]1(C)C[C@@H](COc2ccc(-c3ccc(C(=N)N)cc3)cc2)N(C)C1=O.Cl. The number of nitrogens with zero attached hydrogens (tertiary/aromatic N) is 1. The molecule has 2 aromatic rings. The number of nitrogens with one attached hydrogen (secondary N) is 1. The molecule has 2 aromatic carbocycles. The van der Waals surface area contributed by atoms with Gasteiger partial charge in [0.05, 0.1) is 13.2 Å². The molecule has 1 amide bonds. The highest BCUT2D eigenvalue weighted by atomic mass is 35.5. The van der Waals surface area contributed by atoms with Crippen LogP contribution in [0.3, 0.4) is 0 Å². The van der Waals surface area contributed by atoms with E-state index in [9.17, 15) is 9.59 Å². The van der Waals surface area contributed by atoms with Crippen molar-refractivity contribution < 1.29 is 19.1 Å². The molecule has 0 aliphatic carbocycles. The molecule has 30 heavy (non-hydrogen) atoms. The Morgan fingerprint density at radius 1 is 1.17 bits per heavy atom. The van der Waals surface area contributed by atoms with E-state index < -0.39 is 11.4 Å². The van der Waals surface area contributed by atoms with Gasteiger partial charge in [-0.3, -0.25) is 15.0 Å². The maximum Gasteiger partial charge on any atom is 0.321 e. The number of amidine groups is 1. The van der Waals surface area contributed by atoms with E-state index in [1.807, 2.05) is 48.5 Å². The van der Waals surface area contributed by atoms with Gasteiger partial charge in [0, 0.05) is 12.6 Å². The highest BCUT2D eigenvalue weighted by molar-refractivity contribution is 6.03. The van der Waals surface area contributed by atoms with Gasteiger partial charge in [-0.15, -0.1) is 12.4 Å². The normalized spacial score (nSPS) is 20.4. The number of nitrogen functional groups attached to an aromatic ring is 1. The second-order valence-corrected chi connectivity index (χ2v) is 7.42. The number of hydrogen-bond donors (Lipinski definition) is 2. The van der Waals surface area contributed by atoms with Crippen LogP contribution in [0.15, 0.2) is 48.5 Å². The number of halogens is 1. The zero-order valence-corrected chi connectivity index (χ0v) is 18.0. The Bertz CT molecular complexity index is 930. The third-order valence-electron chi connectivity index (χ3n) is 5.45. The quantitative estimate of drug-likeness (QED) is 0.316. The number of methoxy groups -OCH3 is 1. The molecule has 1 heterocycles. The second kappa shape index (κ2) is 9.17. The lowest BCUT2D eigenvalue weighted by molar-refractivity contribution is -0.157. The molecule has 160 valence electrons. The summed E-state index contributed by atoms with van der Waals surface area (Å²) >= 11 is 0. The number of hydrogen-bond acceptors (Lipinski definition) is 5. The molecule has 0 unspecified atom stereocenters. The largest absolute Gasteiger partial charge is 0.491 e. The van der Waals surface area contributed by atoms with Crippen molar-refractivity contribution in [2.45, 2.75) is 19.4 Å². The topological polar surface area (TPSA) is 106 Å². The van der Waals surface area contributed by atoms with Gasteiger partial charge in [0.25, 0.3) is 0 Å². The van der Waals surface area contributed by atoms with Gasteiger partial charge in [0.1, 0.15) is 23.6 Å². The lowest BCUT2D eigenvalue weighted by atomic mass is 9.87. The zero-order chi connectivity index (χ0) is 21.2. The summed E-state index contributed by atoms with van der Waals surface area (Å²) in [4.78, 5) is 26.0. The van der Waals surface area contributed by atoms with E-state index in [4.69, 9.17) is 20.6 Å². The summed E-state index contributed by atoms with van der Waals surface area (Å²) in [5, 5.41) is 7.45. The fraction of sp³-hybridized carbons (Fsp3) is 0.318. The van der Waals surface area contributed by atoms with Crippen LogP contribution in [0.4, 0.5) is 0 Å². The first kappa shape index (κ1) is 23.2. The molecule has 0 spiro atoms. The summed E-state index contributed by atoms with van der Waals surface area (Å²) < 4.78 is 10.7. The molecule has 2 atom stereocenters. The van der Waals surface area contributed by atoms with Gasteiger partial charge in [0.2, 0.25) is 5.91 Å². The van der Waals surface area contributed by atoms with Gasteiger partial charge in [-0.2, -0.15) is 0 Å². The van der Waals surface area contributed by atoms with Crippen molar-refractivity contribution in [2.24, 2.45) is 11.1 Å². The number of carbonyl (C=O) groups is 2. The lowest BCUT2D eigenvalue weighted by Crippen LogP contribution is -2.38. The minimum Gasteiger partial charge on any atom is -0.491 e. The molecule has 8 heteroatoms. The van der Waals surface area contributed by atoms with Crippen LogP contribution in [-0.4, -0.2) is 49.4 Å². The Labute approximate surface area is 182 Å². The van der Waals surface area contributed by atoms with Crippen molar-refractivity contribution in [2.75, 3.05) is 20.8 Å². The van der Waals surface area contributed by atoms with Crippen LogP contribution in [0.5, 0.6) is 5.75 Å². The van der Waals surface area contributed by atoms with Crippen molar-refractivity contribution in [3.63, 3.8) is 0 Å². The minimum absolute atomic E-state index is 0. The van der Waals surface area contributed by atoms with E-state index in [0.717, 1.165) is 11.1 Å². The Balaban J connectivity index is 0.00000320. The van der Waals surface area contributed by atoms with Gasteiger partial charge in [0.15, 0.2) is 0 Å². The Hall–Kier alpha value is -3.06. The molecule has 1 aliphatic rings. The number of likely N-dealkylation sites (tertiary alicyclic amines) is 1. The average molecular weight is 432 g/mol. The van der Waals surface area contributed by atoms with Crippen LogP contribution < -0.4 is 10.5 Å². The Morgan fingerprint density at radius 3 is 2.20 bits per heavy atom. The van der Waals surface area contributed by atoms with Crippen molar-refractivity contribution in [1.82, 2.24) is 4.90 Å². The van der Waals surface area contributed by atoms with Gasteiger partial charge in [-0.25, -0.2) is 0 Å². The van der Waals surface area contributed by atoms with Crippen molar-refractivity contribution in [3.8, 4) is 16.9 Å². The van der Waals surface area contributed by atoms with E-state index in [1.165, 1.54) is 7.11 Å². The van der Waals surface area contributed by atoms with Crippen LogP contribution in [0, 0.1) is 10.8 Å². The molecule has 0 bridgehead atoms. The summed E-state index contributed by atoms with van der Waals surface area (Å²) in [6.45, 7) is 1.91. The maximum atomic E-state index is 12.5. The van der Waals surface area contributed by atoms with Gasteiger partial charge >= 0.3 is 5.97 Å². The smallest absolute Gasteiger partial charge is 0.321 e. The molecule has 3 rings (SSSR count). The molecule has 1 saturated heterocycles. The zero-order valence-electron chi connectivity index (χ0n) is 17.2. The summed E-state index contributed by atoms with van der Waals surface area (Å²) in [6, 6.07) is 14.9. The first-order valence-electron chi connectivity index (χ1n) is 9.29. The number of amides is 1. The summed E-state index contributed by atoms with van der Waals surface area (Å²) in [6.07, 6.45) is 0.357. The van der Waals surface area contributed by atoms with Gasteiger partial charge < -0.3 is 20.1 Å². The molecule has 0 radical (unpaired) electrons. The van der Waals surface area contributed by atoms with Crippen molar-refractivity contribution in [3.05, 3.63) is 54.1 Å². The molecule has 3 N–H and O–H groups in total. The molecular weight excluding hydrogens is 406 g/mol. The van der Waals surface area contributed by atoms with Crippen LogP contribution >= 0.6 is 12.4 Å². The molecule has 0 saturated carbocycles. The lowest BCUT2D eigenvalue weighted by Gasteiger charge is -2.20. The average Bonchev–Trinajstić information content (AvgIpc) is 2.96. The number of benzene rings is 2. The fourth-order valence-electron chi connectivity index (χ4n) is 3.60. The number of likely N-dealkylation sites (N-methyl/N-ethyl adjacent to an activating group) is 1. The first-order valence-corrected chi connectivity index (χ1v) is 9.29. The first-order chi connectivity index (χ1) is 13.8. The Kier molecular flexibility index (Phi) is 7.10. The molecule has 1 fully saturated rings. The fourth-order valence-corrected chi connectivity index (χ4v) is 3.60. The van der Waals surface area contributed by atoms with Crippen LogP contribution in [-0.2, 0) is 14.3 Å². The van der Waals surface area contributed by atoms with E-state index in [0.29, 0.717) is 24.3 Å². The van der Waals surface area contributed by atoms with Crippen LogP contribution in [0.1, 0.15) is 18.9 Å². The van der Waals surface area contributed by atoms with Crippen LogP contribution in [0.2, 0.25) is 0 Å².